The Morgan fingerprint density at radius 2 is 1.59 bits per heavy atom. The first-order chi connectivity index (χ1) is 17.5. The Balaban J connectivity index is 0.000000695. The number of rotatable bonds is 7. The smallest absolute Gasteiger partial charge is 0.386 e. The first-order valence-corrected chi connectivity index (χ1v) is 12.0. The molecule has 0 unspecified atom stereocenters. The van der Waals surface area contributed by atoms with Crippen LogP contribution in [0.2, 0.25) is 0 Å². The molecule has 37 heavy (non-hydrogen) atoms. The Labute approximate surface area is 214 Å². The van der Waals surface area contributed by atoms with Crippen molar-refractivity contribution in [2.45, 2.75) is 33.4 Å². The van der Waals surface area contributed by atoms with Crippen LogP contribution in [0.1, 0.15) is 27.2 Å². The van der Waals surface area contributed by atoms with Gasteiger partial charge >= 0.3 is 11.9 Å². The van der Waals surface area contributed by atoms with Gasteiger partial charge in [0.05, 0.1) is 17.1 Å². The summed E-state index contributed by atoms with van der Waals surface area (Å²) in [4.78, 5) is 19.9. The Bertz CT molecular complexity index is 1350. The number of alkyl halides is 3. The number of hydrogen-bond donors (Lipinski definition) is 1. The fourth-order valence-corrected chi connectivity index (χ4v) is 3.97. The lowest BCUT2D eigenvalue weighted by Crippen LogP contribution is -2.24. The molecular weight excluding hydrogens is 479 g/mol. The lowest BCUT2D eigenvalue weighted by Gasteiger charge is -2.22. The van der Waals surface area contributed by atoms with Gasteiger partial charge in [0.1, 0.15) is 0 Å². The van der Waals surface area contributed by atoms with Gasteiger partial charge in [0, 0.05) is 50.8 Å². The Morgan fingerprint density at radius 3 is 2.16 bits per heavy atom. The Kier molecular flexibility index (Phi) is 8.81. The number of nitrogen functional groups attached to an aromatic ring is 1. The lowest BCUT2D eigenvalue weighted by atomic mass is 10.1. The van der Waals surface area contributed by atoms with Gasteiger partial charge in [-0.1, -0.05) is 19.1 Å². The van der Waals surface area contributed by atoms with Crippen LogP contribution in [0.4, 0.5) is 24.5 Å². The molecule has 0 amide bonds. The summed E-state index contributed by atoms with van der Waals surface area (Å²) in [6, 6.07) is 19.9. The number of nitrogens with zero attached hydrogens (tertiary/aromatic N) is 4. The number of imidazole rings is 1. The molecule has 2 heterocycles. The number of anilines is 2. The molecule has 2 N–H and O–H groups in total. The fraction of sp³-hybridized carbons (Fsp3) is 0.286. The van der Waals surface area contributed by atoms with Crippen LogP contribution in [0.3, 0.4) is 0 Å². The fourth-order valence-electron chi connectivity index (χ4n) is 3.97. The topological polar surface area (TPSA) is 69.1 Å². The second-order valence-electron chi connectivity index (χ2n) is 8.67. The van der Waals surface area contributed by atoms with Gasteiger partial charge in [0.25, 0.3) is 0 Å². The molecule has 0 spiro atoms. The highest BCUT2D eigenvalue weighted by Gasteiger charge is 2.16. The average Bonchev–Trinajstić information content (AvgIpc) is 3.16. The number of nitrogens with two attached hydrogens (primary N) is 1. The molecule has 0 aliphatic heterocycles. The molecule has 0 radical (unpaired) electrons. The van der Waals surface area contributed by atoms with E-state index in [-0.39, 0.29) is 12.6 Å². The van der Waals surface area contributed by atoms with Crippen molar-refractivity contribution in [3.8, 4) is 28.2 Å². The second kappa shape index (κ2) is 11.8. The third-order valence-electron chi connectivity index (χ3n) is 5.66. The van der Waals surface area contributed by atoms with Crippen LogP contribution in [-0.2, 0) is 7.05 Å². The molecular formula is C28H32F3N5O. The molecule has 0 fully saturated rings. The normalized spacial score (nSPS) is 11.1. The minimum atomic E-state index is -4.00. The van der Waals surface area contributed by atoms with E-state index in [2.05, 4.69) is 35.9 Å². The Morgan fingerprint density at radius 1 is 0.973 bits per heavy atom. The summed E-state index contributed by atoms with van der Waals surface area (Å²) in [5.74, 6) is 0. The molecule has 0 atom stereocenters. The summed E-state index contributed by atoms with van der Waals surface area (Å²) in [5, 5.41) is 0. The van der Waals surface area contributed by atoms with E-state index in [9.17, 15) is 18.0 Å². The highest BCUT2D eigenvalue weighted by Crippen LogP contribution is 2.27. The molecule has 4 rings (SSSR count). The summed E-state index contributed by atoms with van der Waals surface area (Å²) >= 11 is 0. The van der Waals surface area contributed by atoms with Crippen molar-refractivity contribution in [2.24, 2.45) is 7.05 Å². The van der Waals surface area contributed by atoms with E-state index < -0.39 is 6.18 Å². The minimum absolute atomic E-state index is 0.103. The van der Waals surface area contributed by atoms with Crippen molar-refractivity contribution in [3.63, 3.8) is 0 Å². The zero-order chi connectivity index (χ0) is 27.2. The largest absolute Gasteiger partial charge is 0.399 e. The maximum Gasteiger partial charge on any atom is 0.386 e. The summed E-state index contributed by atoms with van der Waals surface area (Å²) < 4.78 is 34.4. The number of aryl methyl sites for hydroxylation is 1. The van der Waals surface area contributed by atoms with Crippen LogP contribution in [0.15, 0.2) is 77.9 Å². The highest BCUT2D eigenvalue weighted by molar-refractivity contribution is 5.71. The number of pyridine rings is 1. The van der Waals surface area contributed by atoms with Crippen LogP contribution < -0.4 is 16.3 Å². The van der Waals surface area contributed by atoms with Gasteiger partial charge in [-0.05, 0) is 73.0 Å². The predicted octanol–water partition coefficient (Wildman–Crippen LogP) is 6.29. The number of hydrogen-bond acceptors (Lipinski definition) is 4. The molecule has 4 aromatic rings. The summed E-state index contributed by atoms with van der Waals surface area (Å²) in [5.41, 5.74) is 12.0. The molecule has 2 aromatic carbocycles. The highest BCUT2D eigenvalue weighted by atomic mass is 19.4. The third kappa shape index (κ3) is 7.25. The van der Waals surface area contributed by atoms with E-state index in [0.29, 0.717) is 0 Å². The lowest BCUT2D eigenvalue weighted by molar-refractivity contribution is -0.110. The van der Waals surface area contributed by atoms with Crippen LogP contribution in [0.25, 0.3) is 28.2 Å². The molecule has 196 valence electrons. The minimum Gasteiger partial charge on any atom is -0.399 e. The average molecular weight is 512 g/mol. The summed E-state index contributed by atoms with van der Waals surface area (Å²) in [6.07, 6.45) is 0.699. The molecule has 6 nitrogen and oxygen atoms in total. The molecule has 0 saturated carbocycles. The zero-order valence-electron chi connectivity index (χ0n) is 21.5. The van der Waals surface area contributed by atoms with Crippen LogP contribution in [0, 0.1) is 0 Å². The second-order valence-corrected chi connectivity index (χ2v) is 8.67. The maximum atomic E-state index is 13.0. The van der Waals surface area contributed by atoms with Crippen molar-refractivity contribution in [3.05, 3.63) is 83.5 Å². The number of aromatic nitrogens is 3. The van der Waals surface area contributed by atoms with Gasteiger partial charge < -0.3 is 15.2 Å². The predicted molar refractivity (Wildman–Crippen MR) is 144 cm³/mol. The van der Waals surface area contributed by atoms with Gasteiger partial charge in [-0.3, -0.25) is 9.55 Å². The van der Waals surface area contributed by atoms with E-state index in [1.807, 2.05) is 54.7 Å². The molecule has 0 saturated heterocycles. The van der Waals surface area contributed by atoms with Crippen molar-refractivity contribution in [1.82, 2.24) is 14.1 Å². The van der Waals surface area contributed by atoms with E-state index >= 15 is 0 Å². The number of benzene rings is 2. The van der Waals surface area contributed by atoms with E-state index in [1.165, 1.54) is 0 Å². The van der Waals surface area contributed by atoms with E-state index in [0.717, 1.165) is 59.1 Å². The van der Waals surface area contributed by atoms with Crippen LogP contribution in [0.5, 0.6) is 0 Å². The molecule has 2 aromatic heterocycles. The Hall–Kier alpha value is -4.01. The van der Waals surface area contributed by atoms with Gasteiger partial charge in [0.2, 0.25) is 0 Å². The molecule has 9 heteroatoms. The quantitative estimate of drug-likeness (QED) is 0.296. The molecule has 0 aliphatic carbocycles. The maximum absolute atomic E-state index is 13.0. The summed E-state index contributed by atoms with van der Waals surface area (Å²) in [6.45, 7) is 6.48. The van der Waals surface area contributed by atoms with Gasteiger partial charge in [-0.25, -0.2) is 4.79 Å². The van der Waals surface area contributed by atoms with Crippen molar-refractivity contribution in [2.75, 3.05) is 23.7 Å². The first kappa shape index (κ1) is 27.6. The van der Waals surface area contributed by atoms with E-state index in [1.54, 1.807) is 22.4 Å². The van der Waals surface area contributed by atoms with Crippen LogP contribution >= 0.6 is 0 Å². The summed E-state index contributed by atoms with van der Waals surface area (Å²) in [7, 11) is 1.76. The van der Waals surface area contributed by atoms with Crippen LogP contribution in [-0.4, -0.2) is 33.4 Å². The number of halogens is 3. The molecule has 0 aliphatic rings. The monoisotopic (exact) mass is 511 g/mol. The first-order valence-electron chi connectivity index (χ1n) is 12.0. The van der Waals surface area contributed by atoms with Crippen molar-refractivity contribution >= 4 is 11.4 Å². The SMILES string of the molecule is CC(F)(F)F.CCCN(CC)c1ccc(-n2c(-c3cc(-c4ccc(N)cc4)ccn3)cn(C)c2=O)cc1. The molecule has 0 bridgehead atoms. The van der Waals surface area contributed by atoms with E-state index in [4.69, 9.17) is 5.73 Å². The van der Waals surface area contributed by atoms with Gasteiger partial charge in [-0.15, -0.1) is 0 Å². The van der Waals surface area contributed by atoms with Gasteiger partial charge in [0.15, 0.2) is 0 Å². The van der Waals surface area contributed by atoms with Gasteiger partial charge in [-0.2, -0.15) is 13.2 Å². The standard InChI is InChI=1S/C26H29N5O.C2H3F3/c1-4-16-30(5-2)22-10-12-23(13-11-22)31-25(18-29(3)26(31)32)24-17-20(14-15-28-24)19-6-8-21(27)9-7-19;1-2(3,4)5/h6-15,17-18H,4-5,16,27H2,1-3H3;1H3. The zero-order valence-corrected chi connectivity index (χ0v) is 21.5. The van der Waals surface area contributed by atoms with Crippen molar-refractivity contribution < 1.29 is 13.2 Å². The van der Waals surface area contributed by atoms with Crippen molar-refractivity contribution in [1.29, 1.82) is 0 Å². The third-order valence-corrected chi connectivity index (χ3v) is 5.66.